The minimum Gasteiger partial charge on any atom is -0.361 e. The molecular formula is C12H23N3S. The molecule has 4 heteroatoms. The zero-order valence-corrected chi connectivity index (χ0v) is 11.2. The normalized spacial score (nSPS) is 31.5. The van der Waals surface area contributed by atoms with Gasteiger partial charge in [-0.3, -0.25) is 4.99 Å². The Labute approximate surface area is 103 Å². The van der Waals surface area contributed by atoms with E-state index in [0.29, 0.717) is 6.04 Å². The van der Waals surface area contributed by atoms with Crippen LogP contribution >= 0.6 is 11.8 Å². The van der Waals surface area contributed by atoms with E-state index >= 15 is 0 Å². The Hall–Kier alpha value is -0.220. The largest absolute Gasteiger partial charge is 0.361 e. The number of amidine groups is 1. The number of likely N-dealkylation sites (N-methyl/N-ethyl adjacent to an activating group) is 1. The van der Waals surface area contributed by atoms with E-state index in [1.165, 1.54) is 37.4 Å². The quantitative estimate of drug-likeness (QED) is 0.818. The first-order valence-electron chi connectivity index (χ1n) is 6.44. The molecule has 2 heterocycles. The predicted octanol–water partition coefficient (Wildman–Crippen LogP) is 1.94. The molecule has 0 bridgehead atoms. The van der Waals surface area contributed by atoms with Crippen molar-refractivity contribution < 1.29 is 0 Å². The van der Waals surface area contributed by atoms with E-state index in [1.807, 2.05) is 11.8 Å². The summed E-state index contributed by atoms with van der Waals surface area (Å²) < 4.78 is 0. The van der Waals surface area contributed by atoms with Crippen molar-refractivity contribution in [1.29, 1.82) is 0 Å². The zero-order valence-electron chi connectivity index (χ0n) is 10.4. The van der Waals surface area contributed by atoms with Crippen LogP contribution in [0.5, 0.6) is 0 Å². The van der Waals surface area contributed by atoms with Gasteiger partial charge in [0.25, 0.3) is 0 Å². The first kappa shape index (κ1) is 12.2. The molecule has 2 aliphatic rings. The summed E-state index contributed by atoms with van der Waals surface area (Å²) in [5.74, 6) is 0. The molecule has 2 unspecified atom stereocenters. The van der Waals surface area contributed by atoms with Crippen LogP contribution in [0, 0.1) is 0 Å². The molecule has 0 aromatic carbocycles. The van der Waals surface area contributed by atoms with Crippen molar-refractivity contribution in [3.05, 3.63) is 0 Å². The Bertz CT molecular complexity index is 255. The molecule has 0 aromatic heterocycles. The first-order chi connectivity index (χ1) is 7.78. The second kappa shape index (κ2) is 5.92. The highest BCUT2D eigenvalue weighted by atomic mass is 32.2. The van der Waals surface area contributed by atoms with Gasteiger partial charge in [0.15, 0.2) is 5.17 Å². The number of hydrogen-bond acceptors (Lipinski definition) is 4. The molecular weight excluding hydrogens is 218 g/mol. The average molecular weight is 241 g/mol. The Morgan fingerprint density at radius 2 is 2.44 bits per heavy atom. The molecule has 1 saturated heterocycles. The SMILES string of the molecule is CCCC1CN=C(NC2CCCN(C)C2)S1. The van der Waals surface area contributed by atoms with E-state index in [2.05, 4.69) is 29.2 Å². The molecule has 2 aliphatic heterocycles. The predicted molar refractivity (Wildman–Crippen MR) is 72.2 cm³/mol. The lowest BCUT2D eigenvalue weighted by atomic mass is 10.1. The van der Waals surface area contributed by atoms with Crippen LogP contribution in [0.1, 0.15) is 32.6 Å². The molecule has 0 amide bonds. The molecule has 0 radical (unpaired) electrons. The number of piperidine rings is 1. The van der Waals surface area contributed by atoms with Crippen molar-refractivity contribution in [2.45, 2.75) is 43.9 Å². The molecule has 1 fully saturated rings. The fraction of sp³-hybridized carbons (Fsp3) is 0.917. The molecule has 92 valence electrons. The van der Waals surface area contributed by atoms with E-state index in [1.54, 1.807) is 0 Å². The van der Waals surface area contributed by atoms with Crippen molar-refractivity contribution >= 4 is 16.9 Å². The molecule has 16 heavy (non-hydrogen) atoms. The summed E-state index contributed by atoms with van der Waals surface area (Å²) in [6.45, 7) is 5.68. The molecule has 2 rings (SSSR count). The minimum absolute atomic E-state index is 0.616. The number of likely N-dealkylation sites (tertiary alicyclic amines) is 1. The van der Waals surface area contributed by atoms with Crippen LogP contribution in [0.3, 0.4) is 0 Å². The summed E-state index contributed by atoms with van der Waals surface area (Å²) in [6.07, 6.45) is 5.17. The van der Waals surface area contributed by atoms with Gasteiger partial charge in [0.1, 0.15) is 0 Å². The molecule has 3 nitrogen and oxygen atoms in total. The lowest BCUT2D eigenvalue weighted by Gasteiger charge is -2.30. The van der Waals surface area contributed by atoms with Crippen LogP contribution in [0.15, 0.2) is 4.99 Å². The highest BCUT2D eigenvalue weighted by Crippen LogP contribution is 2.24. The van der Waals surface area contributed by atoms with E-state index in [0.717, 1.165) is 18.3 Å². The Morgan fingerprint density at radius 3 is 3.19 bits per heavy atom. The minimum atomic E-state index is 0.616. The Morgan fingerprint density at radius 1 is 1.56 bits per heavy atom. The van der Waals surface area contributed by atoms with Crippen molar-refractivity contribution in [1.82, 2.24) is 10.2 Å². The molecule has 0 aromatic rings. The van der Waals surface area contributed by atoms with Gasteiger partial charge in [-0.05, 0) is 32.9 Å². The van der Waals surface area contributed by atoms with Gasteiger partial charge in [-0.2, -0.15) is 0 Å². The highest BCUT2D eigenvalue weighted by molar-refractivity contribution is 8.14. The molecule has 0 spiro atoms. The number of rotatable bonds is 3. The molecule has 1 N–H and O–H groups in total. The van der Waals surface area contributed by atoms with Crippen molar-refractivity contribution in [2.75, 3.05) is 26.7 Å². The van der Waals surface area contributed by atoms with Gasteiger partial charge in [-0.25, -0.2) is 0 Å². The van der Waals surface area contributed by atoms with Gasteiger partial charge >= 0.3 is 0 Å². The molecule has 0 saturated carbocycles. The number of aliphatic imine (C=N–C) groups is 1. The van der Waals surface area contributed by atoms with Gasteiger partial charge < -0.3 is 10.2 Å². The Kier molecular flexibility index (Phi) is 4.53. The second-order valence-corrected chi connectivity index (χ2v) is 6.21. The maximum Gasteiger partial charge on any atom is 0.157 e. The monoisotopic (exact) mass is 241 g/mol. The molecule has 2 atom stereocenters. The van der Waals surface area contributed by atoms with Crippen LogP contribution < -0.4 is 5.32 Å². The summed E-state index contributed by atoms with van der Waals surface area (Å²) in [5, 5.41) is 5.53. The van der Waals surface area contributed by atoms with Crippen molar-refractivity contribution in [3.8, 4) is 0 Å². The number of nitrogens with zero attached hydrogens (tertiary/aromatic N) is 2. The maximum absolute atomic E-state index is 4.60. The Balaban J connectivity index is 1.74. The number of thioether (sulfide) groups is 1. The van der Waals surface area contributed by atoms with Crippen LogP contribution in [-0.2, 0) is 0 Å². The lowest BCUT2D eigenvalue weighted by Crippen LogP contribution is -2.45. The van der Waals surface area contributed by atoms with Gasteiger partial charge in [-0.1, -0.05) is 25.1 Å². The third kappa shape index (κ3) is 3.39. The smallest absolute Gasteiger partial charge is 0.157 e. The summed E-state index contributed by atoms with van der Waals surface area (Å²) in [4.78, 5) is 7.01. The third-order valence-electron chi connectivity index (χ3n) is 3.28. The summed E-state index contributed by atoms with van der Waals surface area (Å²) in [6, 6.07) is 0.616. The number of hydrogen-bond donors (Lipinski definition) is 1. The average Bonchev–Trinajstić information content (AvgIpc) is 2.66. The van der Waals surface area contributed by atoms with Crippen LogP contribution in [0.2, 0.25) is 0 Å². The van der Waals surface area contributed by atoms with Crippen LogP contribution in [0.4, 0.5) is 0 Å². The topological polar surface area (TPSA) is 27.6 Å². The maximum atomic E-state index is 4.60. The van der Waals surface area contributed by atoms with Gasteiger partial charge in [0, 0.05) is 17.8 Å². The van der Waals surface area contributed by atoms with E-state index in [-0.39, 0.29) is 0 Å². The van der Waals surface area contributed by atoms with Crippen molar-refractivity contribution in [2.24, 2.45) is 4.99 Å². The van der Waals surface area contributed by atoms with E-state index in [9.17, 15) is 0 Å². The van der Waals surface area contributed by atoms with Crippen LogP contribution in [-0.4, -0.2) is 48.0 Å². The fourth-order valence-corrected chi connectivity index (χ4v) is 3.63. The number of nitrogens with one attached hydrogen (secondary N) is 1. The zero-order chi connectivity index (χ0) is 11.4. The van der Waals surface area contributed by atoms with E-state index < -0.39 is 0 Å². The first-order valence-corrected chi connectivity index (χ1v) is 7.32. The summed E-state index contributed by atoms with van der Waals surface area (Å²) >= 11 is 1.95. The van der Waals surface area contributed by atoms with Crippen molar-refractivity contribution in [3.63, 3.8) is 0 Å². The molecule has 0 aliphatic carbocycles. The third-order valence-corrected chi connectivity index (χ3v) is 4.47. The highest BCUT2D eigenvalue weighted by Gasteiger charge is 2.23. The van der Waals surface area contributed by atoms with Gasteiger partial charge in [0.05, 0.1) is 6.54 Å². The van der Waals surface area contributed by atoms with Gasteiger partial charge in [0.2, 0.25) is 0 Å². The van der Waals surface area contributed by atoms with E-state index in [4.69, 9.17) is 0 Å². The van der Waals surface area contributed by atoms with Crippen LogP contribution in [0.25, 0.3) is 0 Å². The summed E-state index contributed by atoms with van der Waals surface area (Å²) in [7, 11) is 2.21. The lowest BCUT2D eigenvalue weighted by molar-refractivity contribution is 0.241. The summed E-state index contributed by atoms with van der Waals surface area (Å²) in [5.41, 5.74) is 0. The standard InChI is InChI=1S/C12H23N3S/c1-3-5-11-8-13-12(16-11)14-10-6-4-7-15(2)9-10/h10-11H,3-9H2,1-2H3,(H,13,14). The second-order valence-electron chi connectivity index (χ2n) is 4.92. The fourth-order valence-electron chi connectivity index (χ4n) is 2.43. The van der Waals surface area contributed by atoms with Gasteiger partial charge in [-0.15, -0.1) is 0 Å².